The summed E-state index contributed by atoms with van der Waals surface area (Å²) in [4.78, 5) is 28.5. The van der Waals surface area contributed by atoms with Gasteiger partial charge in [-0.25, -0.2) is 4.39 Å². The zero-order chi connectivity index (χ0) is 25.8. The van der Waals surface area contributed by atoms with E-state index in [0.29, 0.717) is 36.0 Å². The van der Waals surface area contributed by atoms with Crippen LogP contribution in [0.5, 0.6) is 0 Å². The number of piperidine rings is 1. The predicted octanol–water partition coefficient (Wildman–Crippen LogP) is 6.01. The molecule has 1 fully saturated rings. The van der Waals surface area contributed by atoms with Crippen LogP contribution in [0.2, 0.25) is 10.0 Å². The number of hydrogen-bond acceptors (Lipinski definition) is 4. The third-order valence-electron chi connectivity index (χ3n) is 6.56. The van der Waals surface area contributed by atoms with E-state index in [1.54, 1.807) is 48.5 Å². The minimum atomic E-state index is -0.408. The first-order chi connectivity index (χ1) is 17.3. The largest absolute Gasteiger partial charge is 0.383 e. The Morgan fingerprint density at radius 1 is 1.14 bits per heavy atom. The van der Waals surface area contributed by atoms with Crippen molar-refractivity contribution in [1.29, 1.82) is 0 Å². The van der Waals surface area contributed by atoms with Gasteiger partial charge in [0.15, 0.2) is 0 Å². The van der Waals surface area contributed by atoms with Gasteiger partial charge in [0.05, 0.1) is 17.9 Å². The molecule has 1 aliphatic rings. The van der Waals surface area contributed by atoms with Gasteiger partial charge in [0.1, 0.15) is 10.8 Å². The molecule has 9 heteroatoms. The van der Waals surface area contributed by atoms with Gasteiger partial charge < -0.3 is 19.5 Å². The van der Waals surface area contributed by atoms with Crippen molar-refractivity contribution in [3.63, 3.8) is 0 Å². The number of aromatic nitrogens is 1. The molecule has 2 aromatic carbocycles. The minimum Gasteiger partial charge on any atom is -0.383 e. The molecule has 4 rings (SSSR count). The second kappa shape index (κ2) is 11.5. The maximum Gasteiger partial charge on any atom is 0.271 e. The highest BCUT2D eigenvalue weighted by Gasteiger charge is 2.28. The zero-order valence-corrected chi connectivity index (χ0v) is 21.7. The Morgan fingerprint density at radius 2 is 1.83 bits per heavy atom. The molecule has 0 atom stereocenters. The van der Waals surface area contributed by atoms with Crippen molar-refractivity contribution in [1.82, 2.24) is 9.47 Å². The Kier molecular flexibility index (Phi) is 8.34. The quantitative estimate of drug-likeness (QED) is 0.405. The summed E-state index contributed by atoms with van der Waals surface area (Å²) < 4.78 is 19.8. The zero-order valence-electron chi connectivity index (χ0n) is 20.2. The normalized spacial score (nSPS) is 14.2. The van der Waals surface area contributed by atoms with Crippen LogP contribution in [0.3, 0.4) is 0 Å². The highest BCUT2D eigenvalue weighted by atomic mass is 35.5. The Hall–Kier alpha value is -2.87. The number of hydrogen-bond donors (Lipinski definition) is 1. The molecule has 3 aromatic rings. The molecule has 1 N–H and O–H groups in total. The summed E-state index contributed by atoms with van der Waals surface area (Å²) in [5.41, 5.74) is 2.78. The van der Waals surface area contributed by atoms with Crippen LogP contribution in [-0.2, 0) is 11.3 Å². The van der Waals surface area contributed by atoms with E-state index in [1.165, 1.54) is 16.7 Å². The van der Waals surface area contributed by atoms with Crippen LogP contribution in [0.25, 0.3) is 0 Å². The number of anilines is 2. The number of benzene rings is 2. The molecule has 190 valence electrons. The molecular formula is C27H28Cl2FN3O3. The number of nitrogens with zero attached hydrogens (tertiary/aromatic N) is 2. The van der Waals surface area contributed by atoms with Gasteiger partial charge in [-0.1, -0.05) is 35.3 Å². The smallest absolute Gasteiger partial charge is 0.271 e. The first kappa shape index (κ1) is 26.2. The summed E-state index contributed by atoms with van der Waals surface area (Å²) in [5.74, 6) is -0.222. The lowest BCUT2D eigenvalue weighted by Gasteiger charge is -2.33. The Labute approximate surface area is 219 Å². The topological polar surface area (TPSA) is 63.6 Å². The van der Waals surface area contributed by atoms with Crippen LogP contribution in [0.1, 0.15) is 40.2 Å². The van der Waals surface area contributed by atoms with Crippen molar-refractivity contribution in [2.45, 2.75) is 32.2 Å². The number of amides is 1. The molecule has 0 spiro atoms. The molecule has 1 aromatic heterocycles. The van der Waals surface area contributed by atoms with Gasteiger partial charge in [-0.2, -0.15) is 0 Å². The summed E-state index contributed by atoms with van der Waals surface area (Å²) in [6.45, 7) is 3.52. The van der Waals surface area contributed by atoms with Gasteiger partial charge in [0, 0.05) is 43.7 Å². The van der Waals surface area contributed by atoms with E-state index < -0.39 is 5.56 Å². The number of carbonyl (C=O) groups excluding carboxylic acids is 1. The first-order valence-electron chi connectivity index (χ1n) is 11.8. The van der Waals surface area contributed by atoms with Crippen LogP contribution >= 0.6 is 23.2 Å². The maximum atomic E-state index is 13.7. The van der Waals surface area contributed by atoms with Crippen molar-refractivity contribution in [2.24, 2.45) is 0 Å². The molecule has 0 radical (unpaired) electrons. The highest BCUT2D eigenvalue weighted by molar-refractivity contribution is 6.34. The Bertz CT molecular complexity index is 1300. The highest BCUT2D eigenvalue weighted by Crippen LogP contribution is 2.33. The lowest BCUT2D eigenvalue weighted by Crippen LogP contribution is -2.39. The standard InChI is InChI=1S/C27H28Cl2FN3O3/c1-17-15-20(28)5-8-23(17)31-25-22(16-33(13-14-36-2)27(35)24(25)29)26(34)32-11-9-19(10-12-32)18-3-6-21(30)7-4-18/h3-8,15-16,19,31H,9-14H2,1-2H3. The number of carbonyl (C=O) groups is 1. The number of aryl methyl sites for hydroxylation is 1. The van der Waals surface area contributed by atoms with Crippen molar-refractivity contribution in [2.75, 3.05) is 32.1 Å². The molecule has 6 nitrogen and oxygen atoms in total. The van der Waals surface area contributed by atoms with E-state index in [-0.39, 0.29) is 34.9 Å². The second-order valence-corrected chi connectivity index (χ2v) is 9.74. The number of nitrogens with one attached hydrogen (secondary N) is 1. The molecule has 36 heavy (non-hydrogen) atoms. The molecule has 2 heterocycles. The minimum absolute atomic E-state index is 0.0625. The third-order valence-corrected chi connectivity index (χ3v) is 7.15. The van der Waals surface area contributed by atoms with Crippen LogP contribution in [0.15, 0.2) is 53.5 Å². The fraction of sp³-hybridized carbons (Fsp3) is 0.333. The lowest BCUT2D eigenvalue weighted by atomic mass is 9.89. The van der Waals surface area contributed by atoms with Gasteiger partial charge in [-0.15, -0.1) is 0 Å². The number of methoxy groups -OCH3 is 1. The van der Waals surface area contributed by atoms with Gasteiger partial charge in [-0.05, 0) is 67.1 Å². The van der Waals surface area contributed by atoms with E-state index >= 15 is 0 Å². The fourth-order valence-corrected chi connectivity index (χ4v) is 4.98. The molecule has 1 saturated heterocycles. The van der Waals surface area contributed by atoms with E-state index in [0.717, 1.165) is 24.0 Å². The van der Waals surface area contributed by atoms with Gasteiger partial charge in [0.25, 0.3) is 11.5 Å². The number of halogens is 3. The summed E-state index contributed by atoms with van der Waals surface area (Å²) in [6.07, 6.45) is 3.07. The molecule has 0 aliphatic carbocycles. The fourth-order valence-electron chi connectivity index (χ4n) is 4.49. The second-order valence-electron chi connectivity index (χ2n) is 8.93. The maximum absolute atomic E-state index is 13.7. The molecular weight excluding hydrogens is 504 g/mol. The SMILES string of the molecule is COCCn1cc(C(=O)N2CCC(c3ccc(F)cc3)CC2)c(Nc2ccc(Cl)cc2C)c(Cl)c1=O. The monoisotopic (exact) mass is 531 g/mol. The van der Waals surface area contributed by atoms with E-state index in [4.69, 9.17) is 27.9 Å². The van der Waals surface area contributed by atoms with Crippen LogP contribution < -0.4 is 10.9 Å². The summed E-state index contributed by atoms with van der Waals surface area (Å²) >= 11 is 12.6. The van der Waals surface area contributed by atoms with Gasteiger partial charge in [0.2, 0.25) is 0 Å². The van der Waals surface area contributed by atoms with Crippen LogP contribution in [0.4, 0.5) is 15.8 Å². The number of likely N-dealkylation sites (tertiary alicyclic amines) is 1. The van der Waals surface area contributed by atoms with Gasteiger partial charge in [-0.3, -0.25) is 9.59 Å². The Balaban J connectivity index is 1.64. The van der Waals surface area contributed by atoms with Crippen molar-refractivity contribution in [3.05, 3.63) is 91.6 Å². The molecule has 1 amide bonds. The number of ether oxygens (including phenoxy) is 1. The summed E-state index contributed by atoms with van der Waals surface area (Å²) in [7, 11) is 1.54. The average molecular weight is 532 g/mol. The van der Waals surface area contributed by atoms with Crippen LogP contribution in [0, 0.1) is 12.7 Å². The lowest BCUT2D eigenvalue weighted by molar-refractivity contribution is 0.0712. The molecule has 0 unspecified atom stereocenters. The van der Waals surface area contributed by atoms with Gasteiger partial charge >= 0.3 is 0 Å². The van der Waals surface area contributed by atoms with Crippen molar-refractivity contribution >= 4 is 40.5 Å². The first-order valence-corrected chi connectivity index (χ1v) is 12.5. The molecule has 1 aliphatic heterocycles. The summed E-state index contributed by atoms with van der Waals surface area (Å²) in [6, 6.07) is 11.8. The van der Waals surface area contributed by atoms with Crippen LogP contribution in [-0.4, -0.2) is 42.2 Å². The van der Waals surface area contributed by atoms with Crippen molar-refractivity contribution in [3.8, 4) is 0 Å². The van der Waals surface area contributed by atoms with E-state index in [1.807, 2.05) is 6.92 Å². The predicted molar refractivity (Wildman–Crippen MR) is 141 cm³/mol. The third kappa shape index (κ3) is 5.75. The van der Waals surface area contributed by atoms with E-state index in [2.05, 4.69) is 5.32 Å². The number of rotatable bonds is 7. The van der Waals surface area contributed by atoms with E-state index in [9.17, 15) is 14.0 Å². The molecule has 0 bridgehead atoms. The number of pyridine rings is 1. The average Bonchev–Trinajstić information content (AvgIpc) is 2.88. The van der Waals surface area contributed by atoms with Crippen molar-refractivity contribution < 1.29 is 13.9 Å². The summed E-state index contributed by atoms with van der Waals surface area (Å²) in [5, 5.41) is 3.72. The Morgan fingerprint density at radius 3 is 2.47 bits per heavy atom. The molecule has 0 saturated carbocycles.